The Hall–Kier alpha value is -2.57. The number of imide groups is 1. The van der Waals surface area contributed by atoms with Crippen LogP contribution in [-0.4, -0.2) is 53.4 Å². The van der Waals surface area contributed by atoms with Crippen molar-refractivity contribution in [2.45, 2.75) is 58.0 Å². The highest BCUT2D eigenvalue weighted by atomic mass is 16.5. The molecule has 1 aromatic carbocycles. The zero-order chi connectivity index (χ0) is 21.3. The highest BCUT2D eigenvalue weighted by molar-refractivity contribution is 6.09. The van der Waals surface area contributed by atoms with Gasteiger partial charge in [-0.3, -0.25) is 14.5 Å². The summed E-state index contributed by atoms with van der Waals surface area (Å²) in [6.45, 7) is 7.60. The lowest BCUT2D eigenvalue weighted by Crippen LogP contribution is -2.48. The molecule has 1 aliphatic carbocycles. The van der Waals surface area contributed by atoms with Gasteiger partial charge in [-0.1, -0.05) is 39.0 Å². The summed E-state index contributed by atoms with van der Waals surface area (Å²) >= 11 is 0. The average Bonchev–Trinajstić information content (AvgIpc) is 3.06. The number of carbonyl (C=O) groups excluding carboxylic acids is 3. The van der Waals surface area contributed by atoms with Crippen LogP contribution in [0.2, 0.25) is 0 Å². The first-order valence-corrected chi connectivity index (χ1v) is 10.8. The Bertz CT molecular complexity index is 944. The van der Waals surface area contributed by atoms with Gasteiger partial charge in [0.1, 0.15) is 12.3 Å². The van der Waals surface area contributed by atoms with Gasteiger partial charge in [-0.2, -0.15) is 0 Å². The molecule has 0 aromatic heterocycles. The molecule has 2 saturated heterocycles. The zero-order valence-corrected chi connectivity index (χ0v) is 17.9. The minimum absolute atomic E-state index is 0.111. The van der Waals surface area contributed by atoms with Crippen molar-refractivity contribution >= 4 is 17.8 Å². The second-order valence-corrected chi connectivity index (χ2v) is 10.6. The molecule has 160 valence electrons. The molecule has 1 N–H and O–H groups in total. The Morgan fingerprint density at radius 3 is 2.77 bits per heavy atom. The Balaban J connectivity index is 1.38. The number of fused-ring (bicyclic) bond motifs is 4. The molecule has 4 aliphatic rings. The number of carbonyl (C=O) groups is 3. The second-order valence-electron chi connectivity index (χ2n) is 10.6. The standard InChI is InChI=1S/C23H29N3O4/c1-21(2)10-15-11-22(3,13-21)14-26(15)18(27)12-25-19(28)23(24-20(25)29)8-9-30-17-7-5-4-6-16(17)23/h4-7,15H,8-14H2,1-3H3,(H,24,29)/t15-,22-,23-/m0/s1. The van der Waals surface area contributed by atoms with Gasteiger partial charge in [-0.25, -0.2) is 4.79 Å². The Kier molecular flexibility index (Phi) is 4.02. The van der Waals surface area contributed by atoms with Crippen molar-refractivity contribution in [3.63, 3.8) is 0 Å². The highest BCUT2D eigenvalue weighted by Crippen LogP contribution is 2.52. The van der Waals surface area contributed by atoms with E-state index in [2.05, 4.69) is 26.1 Å². The van der Waals surface area contributed by atoms with Crippen LogP contribution in [0.4, 0.5) is 4.79 Å². The third kappa shape index (κ3) is 2.81. The molecule has 1 spiro atoms. The summed E-state index contributed by atoms with van der Waals surface area (Å²) in [5, 5.41) is 2.87. The Morgan fingerprint density at radius 2 is 1.97 bits per heavy atom. The van der Waals surface area contributed by atoms with E-state index < -0.39 is 11.6 Å². The summed E-state index contributed by atoms with van der Waals surface area (Å²) in [6.07, 6.45) is 3.40. The van der Waals surface area contributed by atoms with Crippen LogP contribution >= 0.6 is 0 Å². The number of para-hydroxylation sites is 1. The fourth-order valence-corrected chi connectivity index (χ4v) is 6.49. The van der Waals surface area contributed by atoms with E-state index in [0.29, 0.717) is 30.9 Å². The summed E-state index contributed by atoms with van der Waals surface area (Å²) in [5.41, 5.74) is -0.166. The number of rotatable bonds is 2. The van der Waals surface area contributed by atoms with Crippen molar-refractivity contribution in [3.8, 4) is 5.75 Å². The zero-order valence-electron chi connectivity index (χ0n) is 17.9. The smallest absolute Gasteiger partial charge is 0.325 e. The molecule has 2 bridgehead atoms. The Labute approximate surface area is 176 Å². The number of hydrogen-bond donors (Lipinski definition) is 1. The molecular weight excluding hydrogens is 382 g/mol. The molecule has 1 saturated carbocycles. The molecule has 3 aliphatic heterocycles. The van der Waals surface area contributed by atoms with Crippen LogP contribution in [0.3, 0.4) is 0 Å². The van der Waals surface area contributed by atoms with Gasteiger partial charge in [0.2, 0.25) is 5.91 Å². The summed E-state index contributed by atoms with van der Waals surface area (Å²) < 4.78 is 5.67. The van der Waals surface area contributed by atoms with Gasteiger partial charge in [-0.05, 0) is 36.2 Å². The molecule has 7 nitrogen and oxygen atoms in total. The monoisotopic (exact) mass is 411 g/mol. The van der Waals surface area contributed by atoms with Crippen LogP contribution in [0.25, 0.3) is 0 Å². The lowest BCUT2D eigenvalue weighted by molar-refractivity contribution is -0.140. The molecule has 30 heavy (non-hydrogen) atoms. The van der Waals surface area contributed by atoms with E-state index in [0.717, 1.165) is 24.2 Å². The van der Waals surface area contributed by atoms with Crippen LogP contribution in [0.15, 0.2) is 24.3 Å². The van der Waals surface area contributed by atoms with Crippen LogP contribution in [-0.2, 0) is 15.1 Å². The van der Waals surface area contributed by atoms with E-state index in [4.69, 9.17) is 4.74 Å². The highest BCUT2D eigenvalue weighted by Gasteiger charge is 2.56. The second kappa shape index (κ2) is 6.22. The van der Waals surface area contributed by atoms with E-state index in [1.54, 1.807) is 6.07 Å². The number of amides is 4. The molecule has 3 atom stereocenters. The van der Waals surface area contributed by atoms with E-state index in [9.17, 15) is 14.4 Å². The minimum Gasteiger partial charge on any atom is -0.493 e. The predicted molar refractivity (Wildman–Crippen MR) is 110 cm³/mol. The first-order chi connectivity index (χ1) is 14.1. The molecule has 3 heterocycles. The van der Waals surface area contributed by atoms with Gasteiger partial charge in [-0.15, -0.1) is 0 Å². The number of likely N-dealkylation sites (tertiary alicyclic amines) is 1. The third-order valence-electron chi connectivity index (χ3n) is 7.29. The quantitative estimate of drug-likeness (QED) is 0.759. The van der Waals surface area contributed by atoms with Crippen molar-refractivity contribution in [3.05, 3.63) is 29.8 Å². The molecule has 3 fully saturated rings. The number of benzene rings is 1. The van der Waals surface area contributed by atoms with Crippen molar-refractivity contribution in [1.82, 2.24) is 15.1 Å². The molecular formula is C23H29N3O4. The minimum atomic E-state index is -1.14. The largest absolute Gasteiger partial charge is 0.493 e. The van der Waals surface area contributed by atoms with Crippen molar-refractivity contribution in [2.75, 3.05) is 19.7 Å². The molecule has 7 heteroatoms. The maximum atomic E-state index is 13.4. The van der Waals surface area contributed by atoms with Gasteiger partial charge < -0.3 is 15.0 Å². The number of hydrogen-bond acceptors (Lipinski definition) is 4. The molecule has 4 amide bonds. The number of urea groups is 1. The maximum Gasteiger partial charge on any atom is 0.325 e. The van der Waals surface area contributed by atoms with Gasteiger partial charge in [0, 0.05) is 24.6 Å². The summed E-state index contributed by atoms with van der Waals surface area (Å²) in [6, 6.07) is 6.97. The first kappa shape index (κ1) is 19.4. The number of ether oxygens (including phenoxy) is 1. The van der Waals surface area contributed by atoms with E-state index in [1.165, 1.54) is 0 Å². The molecule has 5 rings (SSSR count). The number of nitrogens with zero attached hydrogens (tertiary/aromatic N) is 2. The van der Waals surface area contributed by atoms with Crippen molar-refractivity contribution in [1.29, 1.82) is 0 Å². The normalized spacial score (nSPS) is 34.0. The van der Waals surface area contributed by atoms with Gasteiger partial charge >= 0.3 is 6.03 Å². The topological polar surface area (TPSA) is 79.0 Å². The van der Waals surface area contributed by atoms with Crippen LogP contribution in [0, 0.1) is 10.8 Å². The van der Waals surface area contributed by atoms with Gasteiger partial charge in [0.15, 0.2) is 5.54 Å². The van der Waals surface area contributed by atoms with E-state index in [1.807, 2.05) is 23.1 Å². The summed E-state index contributed by atoms with van der Waals surface area (Å²) in [7, 11) is 0. The van der Waals surface area contributed by atoms with E-state index >= 15 is 0 Å². The van der Waals surface area contributed by atoms with Crippen molar-refractivity contribution < 1.29 is 19.1 Å². The molecule has 0 unspecified atom stereocenters. The molecule has 1 aromatic rings. The average molecular weight is 412 g/mol. The first-order valence-electron chi connectivity index (χ1n) is 10.8. The van der Waals surface area contributed by atoms with Crippen LogP contribution in [0.1, 0.15) is 52.0 Å². The summed E-state index contributed by atoms with van der Waals surface area (Å²) in [4.78, 5) is 42.5. The fourth-order valence-electron chi connectivity index (χ4n) is 6.49. The predicted octanol–water partition coefficient (Wildman–Crippen LogP) is 2.64. The maximum absolute atomic E-state index is 13.4. The number of nitrogens with one attached hydrogen (secondary N) is 1. The van der Waals surface area contributed by atoms with Crippen molar-refractivity contribution in [2.24, 2.45) is 10.8 Å². The van der Waals surface area contributed by atoms with E-state index in [-0.39, 0.29) is 35.2 Å². The fraction of sp³-hybridized carbons (Fsp3) is 0.609. The SMILES string of the molecule is CC1(C)C[C@H]2C[C@](C)(CN2C(=O)CN2C(=O)N[C@]3(CCOc4ccccc43)C2=O)C1. The summed E-state index contributed by atoms with van der Waals surface area (Å²) in [5.74, 6) is 0.113. The van der Waals surface area contributed by atoms with Gasteiger partial charge in [0.25, 0.3) is 5.91 Å². The lowest BCUT2D eigenvalue weighted by atomic mass is 9.65. The lowest BCUT2D eigenvalue weighted by Gasteiger charge is -2.39. The van der Waals surface area contributed by atoms with Gasteiger partial charge in [0.05, 0.1) is 6.61 Å². The van der Waals surface area contributed by atoms with Crippen LogP contribution in [0.5, 0.6) is 5.75 Å². The van der Waals surface area contributed by atoms with Crippen LogP contribution < -0.4 is 10.1 Å². The molecule has 0 radical (unpaired) electrons. The Morgan fingerprint density at radius 1 is 1.20 bits per heavy atom. The third-order valence-corrected chi connectivity index (χ3v) is 7.29.